The molecule has 0 atom stereocenters. The number of benzene rings is 1. The second-order valence-electron chi connectivity index (χ2n) is 3.06. The second kappa shape index (κ2) is 3.47. The van der Waals surface area contributed by atoms with Crippen LogP contribution in [-0.2, 0) is 6.42 Å². The second-order valence-corrected chi connectivity index (χ2v) is 3.06. The SMILES string of the molecule is Oc1ccccc1CC1=NCCN1. The fourth-order valence-corrected chi connectivity index (χ4v) is 1.41. The Labute approximate surface area is 77.1 Å². The molecule has 3 heteroatoms. The number of phenolic OH excluding ortho intramolecular Hbond substituents is 1. The summed E-state index contributed by atoms with van der Waals surface area (Å²) in [5, 5.41) is 12.7. The van der Waals surface area contributed by atoms with Gasteiger partial charge in [-0.25, -0.2) is 0 Å². The Hall–Kier alpha value is -1.51. The lowest BCUT2D eigenvalue weighted by atomic mass is 10.1. The maximum absolute atomic E-state index is 9.49. The van der Waals surface area contributed by atoms with Crippen molar-refractivity contribution in [2.45, 2.75) is 6.42 Å². The van der Waals surface area contributed by atoms with E-state index in [4.69, 9.17) is 0 Å². The van der Waals surface area contributed by atoms with Crippen molar-refractivity contribution in [1.29, 1.82) is 0 Å². The number of phenols is 1. The lowest BCUT2D eigenvalue weighted by Gasteiger charge is -2.04. The van der Waals surface area contributed by atoms with E-state index in [1.54, 1.807) is 6.07 Å². The largest absolute Gasteiger partial charge is 0.508 e. The average molecular weight is 176 g/mol. The van der Waals surface area contributed by atoms with E-state index in [0.717, 1.165) is 24.5 Å². The number of amidine groups is 1. The predicted molar refractivity (Wildman–Crippen MR) is 52.1 cm³/mol. The van der Waals surface area contributed by atoms with Crippen LogP contribution in [0.4, 0.5) is 0 Å². The molecule has 1 aliphatic heterocycles. The van der Waals surface area contributed by atoms with Crippen LogP contribution in [0.5, 0.6) is 5.75 Å². The number of para-hydroxylation sites is 1. The monoisotopic (exact) mass is 176 g/mol. The van der Waals surface area contributed by atoms with Gasteiger partial charge in [-0.3, -0.25) is 4.99 Å². The summed E-state index contributed by atoms with van der Waals surface area (Å²) >= 11 is 0. The molecule has 0 unspecified atom stereocenters. The topological polar surface area (TPSA) is 44.6 Å². The summed E-state index contributed by atoms with van der Waals surface area (Å²) < 4.78 is 0. The lowest BCUT2D eigenvalue weighted by Crippen LogP contribution is -2.20. The van der Waals surface area contributed by atoms with Crippen molar-refractivity contribution in [3.05, 3.63) is 29.8 Å². The molecule has 1 aromatic rings. The molecule has 0 aliphatic carbocycles. The van der Waals surface area contributed by atoms with E-state index in [-0.39, 0.29) is 0 Å². The molecule has 0 fully saturated rings. The van der Waals surface area contributed by atoms with Crippen LogP contribution in [0.15, 0.2) is 29.3 Å². The van der Waals surface area contributed by atoms with Crippen LogP contribution in [0.3, 0.4) is 0 Å². The molecular formula is C10H12N2O. The fraction of sp³-hybridized carbons (Fsp3) is 0.300. The van der Waals surface area contributed by atoms with Gasteiger partial charge in [0.2, 0.25) is 0 Å². The lowest BCUT2D eigenvalue weighted by molar-refractivity contribution is 0.470. The Morgan fingerprint density at radius 2 is 2.23 bits per heavy atom. The highest BCUT2D eigenvalue weighted by molar-refractivity contribution is 5.86. The van der Waals surface area contributed by atoms with Crippen LogP contribution in [0.25, 0.3) is 0 Å². The molecule has 0 radical (unpaired) electrons. The van der Waals surface area contributed by atoms with Crippen molar-refractivity contribution in [3.8, 4) is 5.75 Å². The van der Waals surface area contributed by atoms with Crippen LogP contribution in [0.2, 0.25) is 0 Å². The van der Waals surface area contributed by atoms with Gasteiger partial charge in [0.05, 0.1) is 6.54 Å². The zero-order chi connectivity index (χ0) is 9.10. The quantitative estimate of drug-likeness (QED) is 0.704. The zero-order valence-electron chi connectivity index (χ0n) is 7.33. The van der Waals surface area contributed by atoms with E-state index >= 15 is 0 Å². The molecule has 0 aromatic heterocycles. The van der Waals surface area contributed by atoms with E-state index in [9.17, 15) is 5.11 Å². The molecule has 0 saturated carbocycles. The van der Waals surface area contributed by atoms with E-state index in [0.29, 0.717) is 12.2 Å². The Bertz CT molecular complexity index is 333. The number of aliphatic imine (C=N–C) groups is 1. The molecule has 2 rings (SSSR count). The smallest absolute Gasteiger partial charge is 0.119 e. The molecule has 1 heterocycles. The van der Waals surface area contributed by atoms with Crippen LogP contribution in [-0.4, -0.2) is 24.0 Å². The number of rotatable bonds is 2. The van der Waals surface area contributed by atoms with Gasteiger partial charge in [0.25, 0.3) is 0 Å². The van der Waals surface area contributed by atoms with Crippen molar-refractivity contribution in [2.24, 2.45) is 4.99 Å². The maximum Gasteiger partial charge on any atom is 0.119 e. The Morgan fingerprint density at radius 3 is 2.92 bits per heavy atom. The van der Waals surface area contributed by atoms with E-state index in [1.807, 2.05) is 18.2 Å². The summed E-state index contributed by atoms with van der Waals surface area (Å²) in [6, 6.07) is 7.36. The first-order chi connectivity index (χ1) is 6.36. The van der Waals surface area contributed by atoms with Crippen molar-refractivity contribution in [1.82, 2.24) is 5.32 Å². The molecule has 0 amide bonds. The number of hydrogen-bond acceptors (Lipinski definition) is 3. The zero-order valence-corrected chi connectivity index (χ0v) is 7.33. The van der Waals surface area contributed by atoms with E-state index in [2.05, 4.69) is 10.3 Å². The normalized spacial score (nSPS) is 15.2. The van der Waals surface area contributed by atoms with Gasteiger partial charge in [-0.15, -0.1) is 0 Å². The highest BCUT2D eigenvalue weighted by Crippen LogP contribution is 2.16. The van der Waals surface area contributed by atoms with Gasteiger partial charge in [-0.1, -0.05) is 18.2 Å². The van der Waals surface area contributed by atoms with Crippen LogP contribution in [0, 0.1) is 0 Å². The van der Waals surface area contributed by atoms with Crippen molar-refractivity contribution < 1.29 is 5.11 Å². The molecule has 0 saturated heterocycles. The summed E-state index contributed by atoms with van der Waals surface area (Å²) in [5.41, 5.74) is 0.927. The van der Waals surface area contributed by atoms with Crippen molar-refractivity contribution >= 4 is 5.84 Å². The van der Waals surface area contributed by atoms with Crippen LogP contribution in [0.1, 0.15) is 5.56 Å². The predicted octanol–water partition coefficient (Wildman–Crippen LogP) is 0.936. The first-order valence-electron chi connectivity index (χ1n) is 4.40. The Kier molecular flexibility index (Phi) is 2.17. The first kappa shape index (κ1) is 8.10. The molecule has 68 valence electrons. The minimum atomic E-state index is 0.346. The van der Waals surface area contributed by atoms with Crippen LogP contribution >= 0.6 is 0 Å². The Morgan fingerprint density at radius 1 is 1.38 bits per heavy atom. The van der Waals surface area contributed by atoms with Gasteiger partial charge in [0.1, 0.15) is 11.6 Å². The first-order valence-corrected chi connectivity index (χ1v) is 4.40. The summed E-state index contributed by atoms with van der Waals surface area (Å²) in [5.74, 6) is 1.32. The van der Waals surface area contributed by atoms with E-state index in [1.165, 1.54) is 0 Å². The van der Waals surface area contributed by atoms with Crippen molar-refractivity contribution in [3.63, 3.8) is 0 Å². The highest BCUT2D eigenvalue weighted by Gasteiger charge is 2.07. The summed E-state index contributed by atoms with van der Waals surface area (Å²) in [7, 11) is 0. The standard InChI is InChI=1S/C10H12N2O/c13-9-4-2-1-3-8(9)7-10-11-5-6-12-10/h1-4,13H,5-7H2,(H,11,12). The van der Waals surface area contributed by atoms with Gasteiger partial charge in [-0.2, -0.15) is 0 Å². The maximum atomic E-state index is 9.49. The summed E-state index contributed by atoms with van der Waals surface area (Å²) in [6.07, 6.45) is 0.701. The molecule has 0 spiro atoms. The molecule has 3 nitrogen and oxygen atoms in total. The Balaban J connectivity index is 2.13. The fourth-order valence-electron chi connectivity index (χ4n) is 1.41. The number of hydrogen-bond donors (Lipinski definition) is 2. The summed E-state index contributed by atoms with van der Waals surface area (Å²) in [6.45, 7) is 1.77. The minimum absolute atomic E-state index is 0.346. The average Bonchev–Trinajstić information content (AvgIpc) is 2.61. The third-order valence-corrected chi connectivity index (χ3v) is 2.09. The number of aromatic hydroxyl groups is 1. The van der Waals surface area contributed by atoms with Gasteiger partial charge >= 0.3 is 0 Å². The van der Waals surface area contributed by atoms with Gasteiger partial charge in [-0.05, 0) is 6.07 Å². The molecule has 13 heavy (non-hydrogen) atoms. The highest BCUT2D eigenvalue weighted by atomic mass is 16.3. The van der Waals surface area contributed by atoms with Gasteiger partial charge < -0.3 is 10.4 Å². The number of nitrogens with zero attached hydrogens (tertiary/aromatic N) is 1. The summed E-state index contributed by atoms with van der Waals surface area (Å²) in [4.78, 5) is 4.27. The minimum Gasteiger partial charge on any atom is -0.508 e. The van der Waals surface area contributed by atoms with E-state index < -0.39 is 0 Å². The van der Waals surface area contributed by atoms with Gasteiger partial charge in [0.15, 0.2) is 0 Å². The molecule has 1 aromatic carbocycles. The molecule has 2 N–H and O–H groups in total. The number of nitrogens with one attached hydrogen (secondary N) is 1. The molecule has 1 aliphatic rings. The third-order valence-electron chi connectivity index (χ3n) is 2.09. The third kappa shape index (κ3) is 1.80. The van der Waals surface area contributed by atoms with Gasteiger partial charge in [0, 0.05) is 18.5 Å². The molecular weight excluding hydrogens is 164 g/mol. The molecule has 0 bridgehead atoms. The van der Waals surface area contributed by atoms with Crippen LogP contribution < -0.4 is 5.32 Å². The van der Waals surface area contributed by atoms with Crippen molar-refractivity contribution in [2.75, 3.05) is 13.1 Å².